The molecular formula is C21H26ClN3O2. The van der Waals surface area contributed by atoms with Crippen LogP contribution in [0.25, 0.3) is 0 Å². The topological polar surface area (TPSA) is 75.4 Å². The highest BCUT2D eigenvalue weighted by Crippen LogP contribution is 2.35. The molecule has 27 heavy (non-hydrogen) atoms. The molecule has 0 aromatic heterocycles. The summed E-state index contributed by atoms with van der Waals surface area (Å²) in [5.41, 5.74) is 8.56. The van der Waals surface area contributed by atoms with E-state index in [0.717, 1.165) is 23.2 Å². The van der Waals surface area contributed by atoms with E-state index in [0.29, 0.717) is 19.4 Å². The molecule has 3 N–H and O–H groups in total. The van der Waals surface area contributed by atoms with Crippen LogP contribution in [-0.4, -0.2) is 30.3 Å². The van der Waals surface area contributed by atoms with E-state index >= 15 is 0 Å². The van der Waals surface area contributed by atoms with Crippen LogP contribution in [0, 0.1) is 5.92 Å². The van der Waals surface area contributed by atoms with E-state index in [9.17, 15) is 9.59 Å². The minimum Gasteiger partial charge on any atom is -0.399 e. The lowest BCUT2D eigenvalue weighted by Crippen LogP contribution is -2.46. The van der Waals surface area contributed by atoms with Crippen LogP contribution < -0.4 is 11.1 Å². The summed E-state index contributed by atoms with van der Waals surface area (Å²) >= 11 is 0. The molecule has 3 rings (SSSR count). The van der Waals surface area contributed by atoms with Crippen LogP contribution in [-0.2, 0) is 16.0 Å². The molecule has 6 heteroatoms. The van der Waals surface area contributed by atoms with E-state index in [4.69, 9.17) is 5.73 Å². The highest BCUT2D eigenvalue weighted by atomic mass is 35.5. The van der Waals surface area contributed by atoms with Crippen molar-refractivity contribution in [2.45, 2.75) is 25.3 Å². The molecule has 0 aliphatic carbocycles. The first-order valence-electron chi connectivity index (χ1n) is 8.99. The second-order valence-electron chi connectivity index (χ2n) is 6.79. The Labute approximate surface area is 166 Å². The minimum atomic E-state index is -0.230. The number of piperidine rings is 1. The van der Waals surface area contributed by atoms with Gasteiger partial charge in [0.25, 0.3) is 0 Å². The normalized spacial score (nSPS) is 19.3. The third-order valence-electron chi connectivity index (χ3n) is 5.03. The van der Waals surface area contributed by atoms with Gasteiger partial charge in [0.15, 0.2) is 0 Å². The summed E-state index contributed by atoms with van der Waals surface area (Å²) < 4.78 is 0. The highest BCUT2D eigenvalue weighted by molar-refractivity contribution is 5.85. The zero-order valence-electron chi connectivity index (χ0n) is 15.4. The van der Waals surface area contributed by atoms with Gasteiger partial charge < -0.3 is 16.0 Å². The number of nitrogens with zero attached hydrogens (tertiary/aromatic N) is 1. The second-order valence-corrected chi connectivity index (χ2v) is 6.79. The van der Waals surface area contributed by atoms with Crippen LogP contribution in [0.4, 0.5) is 5.69 Å². The van der Waals surface area contributed by atoms with Crippen molar-refractivity contribution in [1.82, 2.24) is 10.2 Å². The van der Waals surface area contributed by atoms with Crippen molar-refractivity contribution in [3.05, 3.63) is 65.7 Å². The Kier molecular flexibility index (Phi) is 7.25. The first-order chi connectivity index (χ1) is 12.6. The number of benzene rings is 2. The number of carbonyl (C=O) groups excluding carboxylic acids is 2. The Hall–Kier alpha value is -2.53. The molecule has 144 valence electrons. The van der Waals surface area contributed by atoms with Crippen molar-refractivity contribution < 1.29 is 9.59 Å². The van der Waals surface area contributed by atoms with E-state index in [1.54, 1.807) is 11.9 Å². The fourth-order valence-electron chi connectivity index (χ4n) is 3.56. The van der Waals surface area contributed by atoms with Crippen LogP contribution >= 0.6 is 12.4 Å². The number of nitrogens with two attached hydrogens (primary N) is 1. The van der Waals surface area contributed by atoms with E-state index < -0.39 is 0 Å². The highest BCUT2D eigenvalue weighted by Gasteiger charge is 2.38. The van der Waals surface area contributed by atoms with Crippen LogP contribution in [0.2, 0.25) is 0 Å². The Bertz CT molecular complexity index is 765. The molecule has 2 atom stereocenters. The molecule has 2 aromatic rings. The number of halogens is 1. The number of rotatable bonds is 5. The number of carbonyl (C=O) groups is 2. The predicted octanol–water partition coefficient (Wildman–Crippen LogP) is 2.96. The molecule has 0 radical (unpaired) electrons. The quantitative estimate of drug-likeness (QED) is 0.774. The van der Waals surface area contributed by atoms with Crippen molar-refractivity contribution in [2.24, 2.45) is 5.92 Å². The third-order valence-corrected chi connectivity index (χ3v) is 5.03. The van der Waals surface area contributed by atoms with Gasteiger partial charge in [-0.15, -0.1) is 12.4 Å². The number of anilines is 1. The zero-order chi connectivity index (χ0) is 18.5. The lowest BCUT2D eigenvalue weighted by Gasteiger charge is -2.38. The predicted molar refractivity (Wildman–Crippen MR) is 109 cm³/mol. The van der Waals surface area contributed by atoms with Gasteiger partial charge in [-0.1, -0.05) is 42.5 Å². The summed E-state index contributed by atoms with van der Waals surface area (Å²) in [6, 6.07) is 17.3. The molecule has 0 saturated carbocycles. The van der Waals surface area contributed by atoms with Crippen molar-refractivity contribution >= 4 is 29.9 Å². The van der Waals surface area contributed by atoms with Gasteiger partial charge in [0.2, 0.25) is 11.8 Å². The van der Waals surface area contributed by atoms with Gasteiger partial charge in [0, 0.05) is 25.7 Å². The summed E-state index contributed by atoms with van der Waals surface area (Å²) in [5.74, 6) is -0.134. The molecule has 2 unspecified atom stereocenters. The van der Waals surface area contributed by atoms with Gasteiger partial charge in [0.05, 0.1) is 12.0 Å². The van der Waals surface area contributed by atoms with Crippen LogP contribution in [0.5, 0.6) is 0 Å². The average molecular weight is 388 g/mol. The van der Waals surface area contributed by atoms with Crippen LogP contribution in [0.1, 0.15) is 30.0 Å². The first kappa shape index (κ1) is 20.8. The summed E-state index contributed by atoms with van der Waals surface area (Å²) in [7, 11) is 1.79. The molecular weight excluding hydrogens is 362 g/mol. The molecule has 1 aliphatic heterocycles. The van der Waals surface area contributed by atoms with Crippen molar-refractivity contribution in [1.29, 1.82) is 0 Å². The van der Waals surface area contributed by atoms with Gasteiger partial charge in [-0.25, -0.2) is 0 Å². The second kappa shape index (κ2) is 9.42. The maximum atomic E-state index is 12.8. The van der Waals surface area contributed by atoms with E-state index in [2.05, 4.69) is 5.32 Å². The number of amides is 2. The van der Waals surface area contributed by atoms with Gasteiger partial charge in [-0.2, -0.15) is 0 Å². The summed E-state index contributed by atoms with van der Waals surface area (Å²) in [4.78, 5) is 26.7. The van der Waals surface area contributed by atoms with E-state index in [-0.39, 0.29) is 36.2 Å². The molecule has 1 heterocycles. The van der Waals surface area contributed by atoms with E-state index in [1.807, 2.05) is 54.6 Å². The fraction of sp³-hybridized carbons (Fsp3) is 0.333. The molecule has 0 bridgehead atoms. The zero-order valence-corrected chi connectivity index (χ0v) is 16.2. The Morgan fingerprint density at radius 3 is 2.48 bits per heavy atom. The first-order valence-corrected chi connectivity index (χ1v) is 8.99. The number of hydrogen-bond donors (Lipinski definition) is 2. The largest absolute Gasteiger partial charge is 0.399 e. The lowest BCUT2D eigenvalue weighted by atomic mass is 9.84. The Morgan fingerprint density at radius 2 is 1.81 bits per heavy atom. The van der Waals surface area contributed by atoms with Crippen LogP contribution in [0.15, 0.2) is 54.6 Å². The number of hydrogen-bond acceptors (Lipinski definition) is 3. The molecule has 1 fully saturated rings. The Morgan fingerprint density at radius 1 is 1.15 bits per heavy atom. The minimum absolute atomic E-state index is 0. The SMILES string of the molecule is CN1C(=O)CCC(C(=O)NCCc2ccc(N)cc2)C1c1ccccc1.Cl. The van der Waals surface area contributed by atoms with Crippen LogP contribution in [0.3, 0.4) is 0 Å². The van der Waals surface area contributed by atoms with Gasteiger partial charge in [-0.3, -0.25) is 9.59 Å². The van der Waals surface area contributed by atoms with Gasteiger partial charge >= 0.3 is 0 Å². The molecule has 2 amide bonds. The van der Waals surface area contributed by atoms with E-state index in [1.165, 1.54) is 0 Å². The van der Waals surface area contributed by atoms with Gasteiger partial charge in [-0.05, 0) is 36.1 Å². The standard InChI is InChI=1S/C21H25N3O2.ClH/c1-24-19(25)12-11-18(20(24)16-5-3-2-4-6-16)21(26)23-14-13-15-7-9-17(22)10-8-15;/h2-10,18,20H,11-14,22H2,1H3,(H,23,26);1H. The van der Waals surface area contributed by atoms with Crippen molar-refractivity contribution in [2.75, 3.05) is 19.3 Å². The van der Waals surface area contributed by atoms with Crippen molar-refractivity contribution in [3.63, 3.8) is 0 Å². The lowest BCUT2D eigenvalue weighted by molar-refractivity contribution is -0.141. The number of likely N-dealkylation sites (tertiary alicyclic amines) is 1. The molecule has 0 spiro atoms. The molecule has 5 nitrogen and oxygen atoms in total. The molecule has 1 saturated heterocycles. The average Bonchev–Trinajstić information content (AvgIpc) is 2.66. The summed E-state index contributed by atoms with van der Waals surface area (Å²) in [6.07, 6.45) is 1.75. The monoisotopic (exact) mass is 387 g/mol. The van der Waals surface area contributed by atoms with Crippen molar-refractivity contribution in [3.8, 4) is 0 Å². The smallest absolute Gasteiger partial charge is 0.225 e. The Balaban J connectivity index is 0.00000261. The fourth-order valence-corrected chi connectivity index (χ4v) is 3.56. The summed E-state index contributed by atoms with van der Waals surface area (Å²) in [6.45, 7) is 0.568. The maximum Gasteiger partial charge on any atom is 0.225 e. The number of nitrogen functional groups attached to an aromatic ring is 1. The summed E-state index contributed by atoms with van der Waals surface area (Å²) in [5, 5.41) is 3.04. The molecule has 2 aromatic carbocycles. The molecule has 1 aliphatic rings. The maximum absolute atomic E-state index is 12.8. The third kappa shape index (κ3) is 5.01. The number of nitrogens with one attached hydrogen (secondary N) is 1. The van der Waals surface area contributed by atoms with Gasteiger partial charge in [0.1, 0.15) is 0 Å².